The Morgan fingerprint density at radius 1 is 1.36 bits per heavy atom. The van der Waals surface area contributed by atoms with Crippen molar-refractivity contribution in [2.45, 2.75) is 50.7 Å². The molecule has 1 fully saturated rings. The minimum absolute atomic E-state index is 0.326. The van der Waals surface area contributed by atoms with E-state index in [1.807, 2.05) is 0 Å². The van der Waals surface area contributed by atoms with E-state index in [0.717, 1.165) is 38.7 Å². The molecule has 1 aliphatic rings. The van der Waals surface area contributed by atoms with Crippen LogP contribution in [-0.2, 0) is 9.47 Å². The average Bonchev–Trinajstić information content (AvgIpc) is 2.67. The SMILES string of the molecule is CCCOCC(O)C1(OC)CCCC1. The number of hydrogen-bond donors (Lipinski definition) is 1. The Kier molecular flexibility index (Phi) is 4.85. The fourth-order valence-electron chi connectivity index (χ4n) is 2.14. The van der Waals surface area contributed by atoms with Crippen LogP contribution in [0.5, 0.6) is 0 Å². The Bertz CT molecular complexity index is 153. The first kappa shape index (κ1) is 12.0. The largest absolute Gasteiger partial charge is 0.388 e. The van der Waals surface area contributed by atoms with Crippen molar-refractivity contribution in [3.63, 3.8) is 0 Å². The third-order valence-electron chi connectivity index (χ3n) is 3.09. The third kappa shape index (κ3) is 2.69. The van der Waals surface area contributed by atoms with E-state index in [4.69, 9.17) is 9.47 Å². The molecule has 1 N–H and O–H groups in total. The standard InChI is InChI=1S/C11H22O3/c1-3-8-14-9-10(12)11(13-2)6-4-5-7-11/h10,12H,3-9H2,1-2H3. The first-order chi connectivity index (χ1) is 6.75. The summed E-state index contributed by atoms with van der Waals surface area (Å²) in [7, 11) is 1.69. The van der Waals surface area contributed by atoms with Crippen molar-refractivity contribution in [2.24, 2.45) is 0 Å². The van der Waals surface area contributed by atoms with Gasteiger partial charge in [0.05, 0.1) is 12.2 Å². The molecule has 0 aromatic heterocycles. The minimum Gasteiger partial charge on any atom is -0.388 e. The first-order valence-corrected chi connectivity index (χ1v) is 5.56. The lowest BCUT2D eigenvalue weighted by molar-refractivity contribution is -0.123. The number of aliphatic hydroxyl groups is 1. The molecular formula is C11H22O3. The van der Waals surface area contributed by atoms with Crippen LogP contribution in [0.1, 0.15) is 39.0 Å². The second-order valence-electron chi connectivity index (χ2n) is 4.07. The second kappa shape index (κ2) is 5.69. The third-order valence-corrected chi connectivity index (χ3v) is 3.09. The summed E-state index contributed by atoms with van der Waals surface area (Å²) in [6.45, 7) is 3.19. The van der Waals surface area contributed by atoms with Crippen LogP contribution in [0.25, 0.3) is 0 Å². The van der Waals surface area contributed by atoms with Crippen LogP contribution in [0.4, 0.5) is 0 Å². The molecule has 3 heteroatoms. The van der Waals surface area contributed by atoms with Gasteiger partial charge < -0.3 is 14.6 Å². The van der Waals surface area contributed by atoms with Gasteiger partial charge in [-0.25, -0.2) is 0 Å². The molecule has 1 unspecified atom stereocenters. The van der Waals surface area contributed by atoms with Crippen molar-refractivity contribution in [3.05, 3.63) is 0 Å². The molecule has 0 aromatic rings. The highest BCUT2D eigenvalue weighted by Gasteiger charge is 2.40. The lowest BCUT2D eigenvalue weighted by atomic mass is 9.95. The molecule has 0 heterocycles. The Morgan fingerprint density at radius 2 is 2.00 bits per heavy atom. The van der Waals surface area contributed by atoms with Crippen molar-refractivity contribution in [3.8, 4) is 0 Å². The van der Waals surface area contributed by atoms with Gasteiger partial charge in [-0.05, 0) is 19.3 Å². The number of methoxy groups -OCH3 is 1. The molecule has 14 heavy (non-hydrogen) atoms. The predicted molar refractivity (Wildman–Crippen MR) is 55.3 cm³/mol. The molecule has 3 nitrogen and oxygen atoms in total. The van der Waals surface area contributed by atoms with Gasteiger partial charge in [0.25, 0.3) is 0 Å². The van der Waals surface area contributed by atoms with Gasteiger partial charge in [0.1, 0.15) is 6.10 Å². The van der Waals surface area contributed by atoms with Crippen LogP contribution >= 0.6 is 0 Å². The first-order valence-electron chi connectivity index (χ1n) is 5.56. The molecule has 1 saturated carbocycles. The van der Waals surface area contributed by atoms with E-state index >= 15 is 0 Å². The van der Waals surface area contributed by atoms with Gasteiger partial charge in [0.15, 0.2) is 0 Å². The fraction of sp³-hybridized carbons (Fsp3) is 1.00. The molecule has 0 aromatic carbocycles. The molecule has 0 saturated heterocycles. The summed E-state index contributed by atoms with van der Waals surface area (Å²) in [6.07, 6.45) is 4.74. The highest BCUT2D eigenvalue weighted by molar-refractivity contribution is 4.92. The summed E-state index contributed by atoms with van der Waals surface area (Å²) in [6, 6.07) is 0. The van der Waals surface area contributed by atoms with Gasteiger partial charge in [-0.3, -0.25) is 0 Å². The van der Waals surface area contributed by atoms with Gasteiger partial charge in [-0.15, -0.1) is 0 Å². The molecule has 84 valence electrons. The zero-order chi connectivity index (χ0) is 10.4. The number of hydrogen-bond acceptors (Lipinski definition) is 3. The van der Waals surface area contributed by atoms with Crippen molar-refractivity contribution < 1.29 is 14.6 Å². The Hall–Kier alpha value is -0.120. The molecule has 0 amide bonds. The molecule has 0 bridgehead atoms. The van der Waals surface area contributed by atoms with E-state index in [1.54, 1.807) is 7.11 Å². The van der Waals surface area contributed by atoms with Gasteiger partial charge in [0, 0.05) is 13.7 Å². The van der Waals surface area contributed by atoms with E-state index in [2.05, 4.69) is 6.92 Å². The van der Waals surface area contributed by atoms with Crippen LogP contribution in [0.15, 0.2) is 0 Å². The van der Waals surface area contributed by atoms with Crippen molar-refractivity contribution >= 4 is 0 Å². The van der Waals surface area contributed by atoms with Gasteiger partial charge in [-0.1, -0.05) is 19.8 Å². The molecule has 1 rings (SSSR count). The zero-order valence-corrected chi connectivity index (χ0v) is 9.29. The molecule has 1 aliphatic carbocycles. The smallest absolute Gasteiger partial charge is 0.106 e. The summed E-state index contributed by atoms with van der Waals surface area (Å²) >= 11 is 0. The van der Waals surface area contributed by atoms with Crippen molar-refractivity contribution in [1.82, 2.24) is 0 Å². The minimum atomic E-state index is -0.471. The number of aliphatic hydroxyl groups excluding tert-OH is 1. The number of rotatable bonds is 6. The number of ether oxygens (including phenoxy) is 2. The van der Waals surface area contributed by atoms with Gasteiger partial charge >= 0.3 is 0 Å². The summed E-state index contributed by atoms with van der Waals surface area (Å²) < 4.78 is 10.8. The second-order valence-corrected chi connectivity index (χ2v) is 4.07. The van der Waals surface area contributed by atoms with E-state index in [1.165, 1.54) is 0 Å². The topological polar surface area (TPSA) is 38.7 Å². The lowest BCUT2D eigenvalue weighted by Crippen LogP contribution is -2.44. The average molecular weight is 202 g/mol. The summed E-state index contributed by atoms with van der Waals surface area (Å²) in [5, 5.41) is 9.98. The molecule has 0 aliphatic heterocycles. The Morgan fingerprint density at radius 3 is 2.50 bits per heavy atom. The lowest BCUT2D eigenvalue weighted by Gasteiger charge is -2.32. The predicted octanol–water partition coefficient (Wildman–Crippen LogP) is 1.73. The van der Waals surface area contributed by atoms with E-state index in [0.29, 0.717) is 6.61 Å². The molecule has 0 spiro atoms. The molecular weight excluding hydrogens is 180 g/mol. The van der Waals surface area contributed by atoms with Gasteiger partial charge in [-0.2, -0.15) is 0 Å². The van der Waals surface area contributed by atoms with Crippen molar-refractivity contribution in [2.75, 3.05) is 20.3 Å². The van der Waals surface area contributed by atoms with E-state index in [-0.39, 0.29) is 5.60 Å². The van der Waals surface area contributed by atoms with E-state index < -0.39 is 6.10 Å². The van der Waals surface area contributed by atoms with Crippen LogP contribution in [0.2, 0.25) is 0 Å². The van der Waals surface area contributed by atoms with Crippen LogP contribution in [0, 0.1) is 0 Å². The van der Waals surface area contributed by atoms with Crippen LogP contribution < -0.4 is 0 Å². The molecule has 0 radical (unpaired) electrons. The summed E-state index contributed by atoms with van der Waals surface area (Å²) in [5.41, 5.74) is -0.326. The van der Waals surface area contributed by atoms with Crippen LogP contribution in [0.3, 0.4) is 0 Å². The fourth-order valence-corrected chi connectivity index (χ4v) is 2.14. The monoisotopic (exact) mass is 202 g/mol. The Labute approximate surface area is 86.4 Å². The highest BCUT2D eigenvalue weighted by Crippen LogP contribution is 2.35. The van der Waals surface area contributed by atoms with Gasteiger partial charge in [0.2, 0.25) is 0 Å². The van der Waals surface area contributed by atoms with Crippen LogP contribution in [-0.4, -0.2) is 37.1 Å². The zero-order valence-electron chi connectivity index (χ0n) is 9.29. The maximum Gasteiger partial charge on any atom is 0.106 e. The maximum absolute atomic E-state index is 9.98. The quantitative estimate of drug-likeness (QED) is 0.667. The van der Waals surface area contributed by atoms with E-state index in [9.17, 15) is 5.11 Å². The molecule has 1 atom stereocenters. The highest BCUT2D eigenvalue weighted by atomic mass is 16.5. The summed E-state index contributed by atoms with van der Waals surface area (Å²) in [5.74, 6) is 0. The normalized spacial score (nSPS) is 22.5. The summed E-state index contributed by atoms with van der Waals surface area (Å²) in [4.78, 5) is 0. The maximum atomic E-state index is 9.98. The Balaban J connectivity index is 2.35. The van der Waals surface area contributed by atoms with Crippen molar-refractivity contribution in [1.29, 1.82) is 0 Å².